The van der Waals surface area contributed by atoms with Crippen molar-refractivity contribution in [1.29, 1.82) is 0 Å². The summed E-state index contributed by atoms with van der Waals surface area (Å²) in [7, 11) is -3.93. The number of anilines is 1. The molecule has 1 saturated carbocycles. The van der Waals surface area contributed by atoms with Crippen LogP contribution in [-0.4, -0.2) is 43.7 Å². The van der Waals surface area contributed by atoms with Crippen molar-refractivity contribution >= 4 is 27.5 Å². The average molecular weight is 446 g/mol. The summed E-state index contributed by atoms with van der Waals surface area (Å²) >= 11 is 0. The minimum absolute atomic E-state index is 0.121. The molecule has 0 atom stereocenters. The predicted octanol–water partition coefficient (Wildman–Crippen LogP) is 2.76. The minimum Gasteiger partial charge on any atom is -0.349 e. The van der Waals surface area contributed by atoms with Crippen LogP contribution in [0.15, 0.2) is 53.4 Å². The summed E-state index contributed by atoms with van der Waals surface area (Å²) in [6.07, 6.45) is 2.73. The van der Waals surface area contributed by atoms with Gasteiger partial charge in [0.25, 0.3) is 5.91 Å². The number of carbonyl (C=O) groups is 2. The highest BCUT2D eigenvalue weighted by molar-refractivity contribution is 7.89. The van der Waals surface area contributed by atoms with Gasteiger partial charge in [-0.05, 0) is 62.1 Å². The van der Waals surface area contributed by atoms with Crippen LogP contribution in [0, 0.1) is 11.7 Å². The first-order valence-corrected chi connectivity index (χ1v) is 11.7. The van der Waals surface area contributed by atoms with Gasteiger partial charge >= 0.3 is 0 Å². The molecule has 2 aromatic carbocycles. The number of piperidine rings is 1. The van der Waals surface area contributed by atoms with Crippen molar-refractivity contribution in [3.05, 3.63) is 59.9 Å². The molecule has 1 heterocycles. The van der Waals surface area contributed by atoms with Gasteiger partial charge in [-0.2, -0.15) is 4.31 Å². The molecule has 2 aromatic rings. The zero-order chi connectivity index (χ0) is 22.0. The molecule has 2 amide bonds. The first kappa shape index (κ1) is 21.5. The molecular weight excluding hydrogens is 421 g/mol. The van der Waals surface area contributed by atoms with Gasteiger partial charge in [0.15, 0.2) is 0 Å². The number of amides is 2. The van der Waals surface area contributed by atoms with Crippen LogP contribution in [0.3, 0.4) is 0 Å². The van der Waals surface area contributed by atoms with Gasteiger partial charge in [-0.3, -0.25) is 9.59 Å². The Morgan fingerprint density at radius 3 is 2.19 bits per heavy atom. The maximum Gasteiger partial charge on any atom is 0.251 e. The molecule has 2 aliphatic rings. The third kappa shape index (κ3) is 4.94. The number of nitrogens with zero attached hydrogens (tertiary/aromatic N) is 1. The highest BCUT2D eigenvalue weighted by atomic mass is 32.2. The zero-order valence-electron chi connectivity index (χ0n) is 16.9. The molecule has 164 valence electrons. The first-order valence-electron chi connectivity index (χ1n) is 10.3. The lowest BCUT2D eigenvalue weighted by atomic mass is 9.97. The Labute approximate surface area is 180 Å². The molecule has 0 aromatic heterocycles. The van der Waals surface area contributed by atoms with Gasteiger partial charge in [0.1, 0.15) is 10.7 Å². The second-order valence-corrected chi connectivity index (χ2v) is 9.83. The average Bonchev–Trinajstić information content (AvgIpc) is 3.58. The summed E-state index contributed by atoms with van der Waals surface area (Å²) in [5.74, 6) is -1.44. The van der Waals surface area contributed by atoms with E-state index in [4.69, 9.17) is 0 Å². The summed E-state index contributed by atoms with van der Waals surface area (Å²) < 4.78 is 40.5. The molecule has 0 radical (unpaired) electrons. The number of carbonyl (C=O) groups excluding carboxylic acids is 2. The van der Waals surface area contributed by atoms with E-state index in [1.165, 1.54) is 22.5 Å². The monoisotopic (exact) mass is 445 g/mol. The van der Waals surface area contributed by atoms with E-state index < -0.39 is 15.8 Å². The van der Waals surface area contributed by atoms with Crippen molar-refractivity contribution < 1.29 is 22.4 Å². The third-order valence-electron chi connectivity index (χ3n) is 5.61. The predicted molar refractivity (Wildman–Crippen MR) is 113 cm³/mol. The molecule has 9 heteroatoms. The molecule has 2 fully saturated rings. The molecule has 7 nitrogen and oxygen atoms in total. The Morgan fingerprint density at radius 2 is 1.58 bits per heavy atom. The van der Waals surface area contributed by atoms with Crippen molar-refractivity contribution in [3.8, 4) is 0 Å². The highest BCUT2D eigenvalue weighted by Crippen LogP contribution is 2.26. The smallest absolute Gasteiger partial charge is 0.251 e. The van der Waals surface area contributed by atoms with Gasteiger partial charge in [-0.25, -0.2) is 12.8 Å². The van der Waals surface area contributed by atoms with Crippen molar-refractivity contribution in [2.45, 2.75) is 36.6 Å². The lowest BCUT2D eigenvalue weighted by Gasteiger charge is -2.30. The SMILES string of the molecule is O=C(NC1CC1)c1ccc(NC(=O)C2CCN(S(=O)(=O)c3ccccc3F)CC2)cc1. The fraction of sp³-hybridized carbons (Fsp3) is 0.364. The van der Waals surface area contributed by atoms with Crippen LogP contribution in [-0.2, 0) is 14.8 Å². The number of halogens is 1. The zero-order valence-corrected chi connectivity index (χ0v) is 17.7. The summed E-state index contributed by atoms with van der Waals surface area (Å²) in [5, 5.41) is 5.74. The van der Waals surface area contributed by atoms with Crippen molar-refractivity contribution in [2.24, 2.45) is 5.92 Å². The van der Waals surface area contributed by atoms with E-state index in [-0.39, 0.29) is 41.8 Å². The van der Waals surface area contributed by atoms with Gasteiger partial charge in [-0.1, -0.05) is 12.1 Å². The number of sulfonamides is 1. The highest BCUT2D eigenvalue weighted by Gasteiger charge is 2.33. The maximum absolute atomic E-state index is 13.9. The lowest BCUT2D eigenvalue weighted by Crippen LogP contribution is -2.41. The van der Waals surface area contributed by atoms with Crippen LogP contribution in [0.2, 0.25) is 0 Å². The van der Waals surface area contributed by atoms with E-state index in [1.807, 2.05) is 0 Å². The molecule has 31 heavy (non-hydrogen) atoms. The topological polar surface area (TPSA) is 95.6 Å². The Kier molecular flexibility index (Phi) is 6.06. The molecule has 1 saturated heterocycles. The van der Waals surface area contributed by atoms with Crippen LogP contribution < -0.4 is 10.6 Å². The Morgan fingerprint density at radius 1 is 0.935 bits per heavy atom. The molecule has 0 bridgehead atoms. The van der Waals surface area contributed by atoms with Gasteiger partial charge < -0.3 is 10.6 Å². The van der Waals surface area contributed by atoms with Crippen molar-refractivity contribution in [3.63, 3.8) is 0 Å². The number of hydrogen-bond donors (Lipinski definition) is 2. The molecule has 2 N–H and O–H groups in total. The normalized spacial score (nSPS) is 17.8. The standard InChI is InChI=1S/C22H24FN3O4S/c23-19-3-1-2-4-20(19)31(29,30)26-13-11-16(12-14-26)22(28)24-17-7-5-15(6-8-17)21(27)25-18-9-10-18/h1-8,16,18H,9-14H2,(H,24,28)(H,25,27). The minimum atomic E-state index is -3.93. The number of benzene rings is 2. The second kappa shape index (κ2) is 8.76. The van der Waals surface area contributed by atoms with E-state index in [1.54, 1.807) is 24.3 Å². The third-order valence-corrected chi connectivity index (χ3v) is 7.54. The molecular formula is C22H24FN3O4S. The molecule has 1 aliphatic heterocycles. The van der Waals surface area contributed by atoms with Crippen LogP contribution in [0.4, 0.5) is 10.1 Å². The Balaban J connectivity index is 1.32. The largest absolute Gasteiger partial charge is 0.349 e. The fourth-order valence-electron chi connectivity index (χ4n) is 3.60. The first-order chi connectivity index (χ1) is 14.8. The van der Waals surface area contributed by atoms with E-state index in [9.17, 15) is 22.4 Å². The second-order valence-electron chi connectivity index (χ2n) is 7.92. The summed E-state index contributed by atoms with van der Waals surface area (Å²) in [6.45, 7) is 0.296. The van der Waals surface area contributed by atoms with Gasteiger partial charge in [0.05, 0.1) is 0 Å². The fourth-order valence-corrected chi connectivity index (χ4v) is 5.13. The van der Waals surface area contributed by atoms with E-state index in [2.05, 4.69) is 10.6 Å². The molecule has 1 aliphatic carbocycles. The van der Waals surface area contributed by atoms with Gasteiger partial charge in [0, 0.05) is 36.3 Å². The van der Waals surface area contributed by atoms with E-state index in [0.29, 0.717) is 24.1 Å². The van der Waals surface area contributed by atoms with E-state index in [0.717, 1.165) is 18.9 Å². The lowest BCUT2D eigenvalue weighted by molar-refractivity contribution is -0.120. The summed E-state index contributed by atoms with van der Waals surface area (Å²) in [4.78, 5) is 24.3. The quantitative estimate of drug-likeness (QED) is 0.715. The van der Waals surface area contributed by atoms with Crippen LogP contribution in [0.1, 0.15) is 36.0 Å². The Bertz CT molecular complexity index is 1080. The van der Waals surface area contributed by atoms with Crippen molar-refractivity contribution in [2.75, 3.05) is 18.4 Å². The maximum atomic E-state index is 13.9. The van der Waals surface area contributed by atoms with E-state index >= 15 is 0 Å². The van der Waals surface area contributed by atoms with Gasteiger partial charge in [-0.15, -0.1) is 0 Å². The molecule has 0 spiro atoms. The molecule has 0 unspecified atom stereocenters. The molecule has 4 rings (SSSR count). The summed E-state index contributed by atoms with van der Waals surface area (Å²) in [5.41, 5.74) is 1.12. The van der Waals surface area contributed by atoms with Crippen LogP contribution >= 0.6 is 0 Å². The number of rotatable bonds is 6. The Hall–Kier alpha value is -2.78. The van der Waals surface area contributed by atoms with Crippen LogP contribution in [0.25, 0.3) is 0 Å². The van der Waals surface area contributed by atoms with Crippen molar-refractivity contribution in [1.82, 2.24) is 9.62 Å². The summed E-state index contributed by atoms with van der Waals surface area (Å²) in [6, 6.07) is 12.3. The van der Waals surface area contributed by atoms with Gasteiger partial charge in [0.2, 0.25) is 15.9 Å². The number of nitrogens with one attached hydrogen (secondary N) is 2. The number of hydrogen-bond acceptors (Lipinski definition) is 4. The van der Waals surface area contributed by atoms with Crippen LogP contribution in [0.5, 0.6) is 0 Å².